The topological polar surface area (TPSA) is 81.1 Å². The maximum absolute atomic E-state index is 12.9. The minimum Gasteiger partial charge on any atom is -0.371 e. The molecule has 156 valence electrons. The Kier molecular flexibility index (Phi) is 5.51. The molecule has 4 rings (SSSR count). The number of carbonyl (C=O) groups excluding carboxylic acids is 1. The lowest BCUT2D eigenvalue weighted by molar-refractivity contribution is -0.137. The van der Waals surface area contributed by atoms with Gasteiger partial charge in [-0.05, 0) is 35.9 Å². The van der Waals surface area contributed by atoms with E-state index in [1.807, 2.05) is 12.1 Å². The highest BCUT2D eigenvalue weighted by atomic mass is 19.4. The summed E-state index contributed by atoms with van der Waals surface area (Å²) in [6.07, 6.45) is -3.31. The fourth-order valence-electron chi connectivity index (χ4n) is 3.05. The molecule has 7 nitrogen and oxygen atoms in total. The Morgan fingerprint density at radius 3 is 2.70 bits per heavy atom. The normalized spacial score (nSPS) is 17.0. The van der Waals surface area contributed by atoms with Crippen LogP contribution in [0.25, 0.3) is 5.69 Å². The number of nitrogens with one attached hydrogen (secondary N) is 2. The third kappa shape index (κ3) is 4.50. The predicted molar refractivity (Wildman–Crippen MR) is 102 cm³/mol. The van der Waals surface area contributed by atoms with Crippen LogP contribution in [0.1, 0.15) is 27.7 Å². The van der Waals surface area contributed by atoms with Gasteiger partial charge in [-0.1, -0.05) is 18.2 Å². The second kappa shape index (κ2) is 8.25. The van der Waals surface area contributed by atoms with Gasteiger partial charge in [-0.2, -0.15) is 23.1 Å². The summed E-state index contributed by atoms with van der Waals surface area (Å²) in [6.45, 7) is 2.20. The molecule has 1 atom stereocenters. The van der Waals surface area contributed by atoms with Crippen LogP contribution in [-0.4, -0.2) is 40.6 Å². The van der Waals surface area contributed by atoms with Gasteiger partial charge in [0.2, 0.25) is 0 Å². The first-order valence-electron chi connectivity index (χ1n) is 9.24. The Morgan fingerprint density at radius 2 is 2.00 bits per heavy atom. The molecule has 10 heteroatoms. The maximum atomic E-state index is 12.9. The number of rotatable bonds is 4. The van der Waals surface area contributed by atoms with E-state index in [1.165, 1.54) is 18.3 Å². The number of carbonyl (C=O) groups is 1. The summed E-state index contributed by atoms with van der Waals surface area (Å²) in [5.41, 5.74) is 0.822. The summed E-state index contributed by atoms with van der Waals surface area (Å²) in [5.74, 6) is -0.517. The Morgan fingerprint density at radius 1 is 1.20 bits per heavy atom. The molecule has 2 N–H and O–H groups in total. The molecule has 2 heterocycles. The number of nitrogens with zero attached hydrogens (tertiary/aromatic N) is 3. The Labute approximate surface area is 169 Å². The summed E-state index contributed by atoms with van der Waals surface area (Å²) < 4.78 is 44.3. The number of amides is 1. The average molecular weight is 417 g/mol. The fraction of sp³-hybridized carbons (Fsp3) is 0.250. The van der Waals surface area contributed by atoms with E-state index in [-0.39, 0.29) is 17.5 Å². The largest absolute Gasteiger partial charge is 0.416 e. The summed E-state index contributed by atoms with van der Waals surface area (Å²) in [6, 6.07) is 11.8. The van der Waals surface area contributed by atoms with E-state index in [1.54, 1.807) is 12.1 Å². The van der Waals surface area contributed by atoms with Crippen molar-refractivity contribution in [2.75, 3.05) is 25.0 Å². The molecule has 1 aromatic heterocycles. The van der Waals surface area contributed by atoms with Crippen molar-refractivity contribution in [3.05, 3.63) is 71.5 Å². The van der Waals surface area contributed by atoms with Crippen molar-refractivity contribution in [3.63, 3.8) is 0 Å². The number of halogens is 3. The number of benzene rings is 2. The lowest BCUT2D eigenvalue weighted by Gasteiger charge is -2.24. The number of ether oxygens (including phenoxy) is 1. The van der Waals surface area contributed by atoms with Crippen molar-refractivity contribution in [2.24, 2.45) is 0 Å². The molecule has 0 unspecified atom stereocenters. The summed E-state index contributed by atoms with van der Waals surface area (Å²) >= 11 is 0. The fourth-order valence-corrected chi connectivity index (χ4v) is 3.05. The zero-order chi connectivity index (χ0) is 21.1. The van der Waals surface area contributed by atoms with Gasteiger partial charge in [-0.3, -0.25) is 4.79 Å². The minimum absolute atomic E-state index is 0.0173. The number of hydrogen-bond donors (Lipinski definition) is 2. The SMILES string of the molecule is O=C(Nc1ccc([C@H]2CNCCO2)cc1)c1cnn(-c2cccc(C(F)(F)F)c2)n1. The zero-order valence-corrected chi connectivity index (χ0v) is 15.7. The number of alkyl halides is 3. The van der Waals surface area contributed by atoms with Crippen molar-refractivity contribution < 1.29 is 22.7 Å². The van der Waals surface area contributed by atoms with Crippen LogP contribution in [0.3, 0.4) is 0 Å². The summed E-state index contributed by atoms with van der Waals surface area (Å²) in [4.78, 5) is 13.4. The summed E-state index contributed by atoms with van der Waals surface area (Å²) in [7, 11) is 0. The molecule has 0 aliphatic carbocycles. The highest BCUT2D eigenvalue weighted by molar-refractivity contribution is 6.02. The van der Waals surface area contributed by atoms with Crippen molar-refractivity contribution in [1.29, 1.82) is 0 Å². The quantitative estimate of drug-likeness (QED) is 0.682. The Hall–Kier alpha value is -3.24. The Bertz CT molecular complexity index is 1030. The number of anilines is 1. The van der Waals surface area contributed by atoms with Gasteiger partial charge in [0.05, 0.1) is 30.2 Å². The second-order valence-electron chi connectivity index (χ2n) is 6.71. The zero-order valence-electron chi connectivity index (χ0n) is 15.7. The molecule has 3 aromatic rings. The molecule has 0 radical (unpaired) electrons. The molecule has 0 saturated carbocycles. The van der Waals surface area contributed by atoms with Crippen LogP contribution in [0, 0.1) is 0 Å². The molecular formula is C20H18F3N5O2. The van der Waals surface area contributed by atoms with E-state index in [4.69, 9.17) is 4.74 Å². The standard InChI is InChI=1S/C20H18F3N5O2/c21-20(22,23)14-2-1-3-16(10-14)28-25-11-17(27-28)19(29)26-15-6-4-13(5-7-15)18-12-24-8-9-30-18/h1-7,10-11,18,24H,8-9,12H2,(H,26,29)/t18-/m1/s1. The van der Waals surface area contributed by atoms with Crippen LogP contribution in [0.2, 0.25) is 0 Å². The average Bonchev–Trinajstić information content (AvgIpc) is 3.25. The minimum atomic E-state index is -4.48. The van der Waals surface area contributed by atoms with E-state index in [9.17, 15) is 18.0 Å². The number of morpholine rings is 1. The second-order valence-corrected chi connectivity index (χ2v) is 6.71. The third-order valence-electron chi connectivity index (χ3n) is 4.60. The molecular weight excluding hydrogens is 399 g/mol. The van der Waals surface area contributed by atoms with E-state index >= 15 is 0 Å². The van der Waals surface area contributed by atoms with E-state index in [0.29, 0.717) is 12.3 Å². The smallest absolute Gasteiger partial charge is 0.371 e. The van der Waals surface area contributed by atoms with Gasteiger partial charge >= 0.3 is 6.18 Å². The van der Waals surface area contributed by atoms with Crippen LogP contribution >= 0.6 is 0 Å². The van der Waals surface area contributed by atoms with E-state index in [0.717, 1.165) is 35.6 Å². The maximum Gasteiger partial charge on any atom is 0.416 e. The molecule has 1 fully saturated rings. The van der Waals surface area contributed by atoms with E-state index in [2.05, 4.69) is 20.8 Å². The molecule has 1 saturated heterocycles. The number of hydrogen-bond acceptors (Lipinski definition) is 5. The van der Waals surface area contributed by atoms with Gasteiger partial charge in [-0.15, -0.1) is 5.10 Å². The predicted octanol–water partition coefficient (Wildman–Crippen LogP) is 3.20. The third-order valence-corrected chi connectivity index (χ3v) is 4.60. The van der Waals surface area contributed by atoms with Crippen LogP contribution in [0.5, 0.6) is 0 Å². The van der Waals surface area contributed by atoms with Crippen molar-refractivity contribution in [3.8, 4) is 5.69 Å². The highest BCUT2D eigenvalue weighted by Gasteiger charge is 2.30. The first-order chi connectivity index (χ1) is 14.4. The van der Waals surface area contributed by atoms with Crippen molar-refractivity contribution >= 4 is 11.6 Å². The monoisotopic (exact) mass is 417 g/mol. The van der Waals surface area contributed by atoms with Crippen LogP contribution in [-0.2, 0) is 10.9 Å². The molecule has 1 aliphatic heterocycles. The van der Waals surface area contributed by atoms with Crippen LogP contribution < -0.4 is 10.6 Å². The number of aromatic nitrogens is 3. The first kappa shape index (κ1) is 20.0. The first-order valence-corrected chi connectivity index (χ1v) is 9.24. The van der Waals surface area contributed by atoms with Crippen molar-refractivity contribution in [1.82, 2.24) is 20.3 Å². The lowest BCUT2D eigenvalue weighted by atomic mass is 10.1. The molecule has 0 bridgehead atoms. The molecule has 1 amide bonds. The molecule has 2 aromatic carbocycles. The lowest BCUT2D eigenvalue weighted by Crippen LogP contribution is -2.33. The molecule has 1 aliphatic rings. The van der Waals surface area contributed by atoms with Gasteiger partial charge in [0.15, 0.2) is 5.69 Å². The van der Waals surface area contributed by atoms with Gasteiger partial charge < -0.3 is 15.4 Å². The highest BCUT2D eigenvalue weighted by Crippen LogP contribution is 2.30. The van der Waals surface area contributed by atoms with Gasteiger partial charge in [-0.25, -0.2) is 0 Å². The molecule has 30 heavy (non-hydrogen) atoms. The Balaban J connectivity index is 1.44. The van der Waals surface area contributed by atoms with Gasteiger partial charge in [0, 0.05) is 18.8 Å². The van der Waals surface area contributed by atoms with Crippen molar-refractivity contribution in [2.45, 2.75) is 12.3 Å². The molecule has 0 spiro atoms. The summed E-state index contributed by atoms with van der Waals surface area (Å²) in [5, 5.41) is 13.8. The van der Waals surface area contributed by atoms with Crippen LogP contribution in [0.4, 0.5) is 18.9 Å². The van der Waals surface area contributed by atoms with E-state index < -0.39 is 17.6 Å². The van der Waals surface area contributed by atoms with Gasteiger partial charge in [0.25, 0.3) is 5.91 Å². The van der Waals surface area contributed by atoms with Crippen LogP contribution in [0.15, 0.2) is 54.7 Å². The van der Waals surface area contributed by atoms with Gasteiger partial charge in [0.1, 0.15) is 0 Å².